The van der Waals surface area contributed by atoms with Crippen molar-refractivity contribution in [2.45, 2.75) is 91.5 Å². The number of ether oxygens (including phenoxy) is 1. The molecule has 2 unspecified atom stereocenters. The molecule has 2 rings (SSSR count). The molecule has 0 heterocycles. The van der Waals surface area contributed by atoms with Gasteiger partial charge in [0, 0.05) is 13.1 Å². The van der Waals surface area contributed by atoms with Crippen LogP contribution >= 0.6 is 0 Å². The molecule has 0 saturated carbocycles. The minimum absolute atomic E-state index is 0.293. The highest BCUT2D eigenvalue weighted by Gasteiger charge is 2.36. The largest absolute Gasteiger partial charge is 0.444 e. The van der Waals surface area contributed by atoms with E-state index in [2.05, 4.69) is 17.6 Å². The Hall–Kier alpha value is -3.39. The second kappa shape index (κ2) is 15.3. The molecular formula is C31H45N3O5. The van der Waals surface area contributed by atoms with E-state index in [1.165, 1.54) is 4.90 Å². The number of unbranched alkanes of at least 4 members (excludes halogenated alkanes) is 3. The lowest BCUT2D eigenvalue weighted by Gasteiger charge is -2.34. The van der Waals surface area contributed by atoms with Gasteiger partial charge in [0.25, 0.3) is 0 Å². The third kappa shape index (κ3) is 10.7. The van der Waals surface area contributed by atoms with Crippen LogP contribution in [0.25, 0.3) is 0 Å². The number of carbonyl (C=O) groups is 3. The fraction of sp³-hybridized carbons (Fsp3) is 0.516. The highest BCUT2D eigenvalue weighted by molar-refractivity contribution is 5.92. The second-order valence-electron chi connectivity index (χ2n) is 11.0. The summed E-state index contributed by atoms with van der Waals surface area (Å²) in [4.78, 5) is 41.7. The van der Waals surface area contributed by atoms with Crippen LogP contribution in [-0.2, 0) is 20.9 Å². The van der Waals surface area contributed by atoms with E-state index < -0.39 is 36.3 Å². The predicted octanol–water partition coefficient (Wildman–Crippen LogP) is 4.96. The number of nitrogens with one attached hydrogen (secondary N) is 2. The summed E-state index contributed by atoms with van der Waals surface area (Å²) in [6.45, 7) is 11.1. The van der Waals surface area contributed by atoms with Crippen LogP contribution in [0.2, 0.25) is 0 Å². The fourth-order valence-electron chi connectivity index (χ4n) is 4.43. The number of benzene rings is 2. The number of rotatable bonds is 13. The lowest BCUT2D eigenvalue weighted by Crippen LogP contribution is -2.54. The summed E-state index contributed by atoms with van der Waals surface area (Å²) in [5.74, 6) is -0.875. The Morgan fingerprint density at radius 1 is 0.974 bits per heavy atom. The first-order chi connectivity index (χ1) is 18.4. The minimum Gasteiger partial charge on any atom is -0.444 e. The molecule has 0 fully saturated rings. The van der Waals surface area contributed by atoms with Crippen molar-refractivity contribution in [3.63, 3.8) is 0 Å². The number of hydrogen-bond donors (Lipinski definition) is 3. The van der Waals surface area contributed by atoms with Gasteiger partial charge in [-0.2, -0.15) is 0 Å². The average molecular weight is 540 g/mol. The zero-order valence-corrected chi connectivity index (χ0v) is 24.3. The highest BCUT2D eigenvalue weighted by atomic mass is 16.6. The van der Waals surface area contributed by atoms with Crippen molar-refractivity contribution in [2.75, 3.05) is 13.2 Å². The topological polar surface area (TPSA) is 108 Å². The average Bonchev–Trinajstić information content (AvgIpc) is 2.86. The summed E-state index contributed by atoms with van der Waals surface area (Å²) in [6.07, 6.45) is 2.77. The zero-order valence-electron chi connectivity index (χ0n) is 24.3. The van der Waals surface area contributed by atoms with Crippen molar-refractivity contribution >= 4 is 17.9 Å². The number of hydrogen-bond acceptors (Lipinski definition) is 5. The Kier molecular flexibility index (Phi) is 12.5. The number of carbonyl (C=O) groups excluding carboxylic acids is 3. The lowest BCUT2D eigenvalue weighted by atomic mass is 9.98. The van der Waals surface area contributed by atoms with Gasteiger partial charge in [-0.25, -0.2) is 4.79 Å². The molecule has 2 aromatic carbocycles. The number of aliphatic hydroxyl groups is 1. The molecule has 0 bridgehead atoms. The summed E-state index contributed by atoms with van der Waals surface area (Å²) in [7, 11) is 0. The van der Waals surface area contributed by atoms with E-state index in [4.69, 9.17) is 4.74 Å². The summed E-state index contributed by atoms with van der Waals surface area (Å²) in [5.41, 5.74) is 2.78. The molecule has 0 aliphatic rings. The van der Waals surface area contributed by atoms with Gasteiger partial charge in [-0.05, 0) is 52.2 Å². The van der Waals surface area contributed by atoms with Gasteiger partial charge in [-0.3, -0.25) is 9.59 Å². The number of aliphatic hydroxyl groups excluding tert-OH is 1. The maximum absolute atomic E-state index is 13.9. The summed E-state index contributed by atoms with van der Waals surface area (Å²) >= 11 is 0. The van der Waals surface area contributed by atoms with Crippen molar-refractivity contribution < 1.29 is 24.2 Å². The molecule has 0 saturated heterocycles. The van der Waals surface area contributed by atoms with Gasteiger partial charge in [0.2, 0.25) is 11.8 Å². The Morgan fingerprint density at radius 2 is 1.62 bits per heavy atom. The fourth-order valence-corrected chi connectivity index (χ4v) is 4.43. The number of nitrogens with zero attached hydrogens (tertiary/aromatic N) is 1. The van der Waals surface area contributed by atoms with Crippen LogP contribution in [0, 0.1) is 13.8 Å². The third-order valence-corrected chi connectivity index (χ3v) is 6.14. The van der Waals surface area contributed by atoms with E-state index >= 15 is 0 Å². The Balaban J connectivity index is 2.45. The first kappa shape index (κ1) is 31.8. The molecule has 2 aromatic rings. The maximum atomic E-state index is 13.9. The molecule has 2 atom stereocenters. The second-order valence-corrected chi connectivity index (χ2v) is 11.0. The standard InChI is InChI=1S/C31H45N3O5/c1-7-8-9-13-16-34(29(37)26(21-35)33-30(38)39-31(4,5)6)27(25-18-22(2)17-23(3)19-25)28(36)32-20-24-14-11-10-12-15-24/h10-12,14-15,17-19,26-27,35H,7-9,13,16,20-21H2,1-6H3,(H,32,36)(H,33,38). The molecular weight excluding hydrogens is 494 g/mol. The molecule has 8 heteroatoms. The van der Waals surface area contributed by atoms with Gasteiger partial charge >= 0.3 is 6.09 Å². The van der Waals surface area contributed by atoms with Gasteiger partial charge < -0.3 is 25.4 Å². The van der Waals surface area contributed by atoms with E-state index in [-0.39, 0.29) is 5.91 Å². The Bertz CT molecular complexity index is 1060. The predicted molar refractivity (Wildman–Crippen MR) is 153 cm³/mol. The summed E-state index contributed by atoms with van der Waals surface area (Å²) in [6, 6.07) is 13.2. The van der Waals surface area contributed by atoms with Gasteiger partial charge in [0.1, 0.15) is 17.7 Å². The number of aryl methyl sites for hydroxylation is 2. The molecule has 214 valence electrons. The lowest BCUT2D eigenvalue weighted by molar-refractivity contribution is -0.143. The van der Waals surface area contributed by atoms with Crippen molar-refractivity contribution in [1.29, 1.82) is 0 Å². The van der Waals surface area contributed by atoms with Gasteiger partial charge in [-0.15, -0.1) is 0 Å². The molecule has 0 aliphatic heterocycles. The third-order valence-electron chi connectivity index (χ3n) is 6.14. The Labute approximate surface area is 233 Å². The summed E-state index contributed by atoms with van der Waals surface area (Å²) < 4.78 is 5.31. The first-order valence-corrected chi connectivity index (χ1v) is 13.8. The molecule has 0 aliphatic carbocycles. The van der Waals surface area contributed by atoms with Crippen LogP contribution in [0.4, 0.5) is 4.79 Å². The number of alkyl carbamates (subject to hydrolysis) is 1. The molecule has 0 aromatic heterocycles. The normalized spacial score (nSPS) is 12.8. The van der Waals surface area contributed by atoms with Crippen LogP contribution in [0.1, 0.15) is 81.7 Å². The molecule has 39 heavy (non-hydrogen) atoms. The first-order valence-electron chi connectivity index (χ1n) is 13.8. The van der Waals surface area contributed by atoms with E-state index in [1.54, 1.807) is 20.8 Å². The molecule has 0 radical (unpaired) electrons. The highest BCUT2D eigenvalue weighted by Crippen LogP contribution is 2.26. The van der Waals surface area contributed by atoms with Crippen LogP contribution in [-0.4, -0.2) is 52.7 Å². The Morgan fingerprint density at radius 3 is 2.18 bits per heavy atom. The maximum Gasteiger partial charge on any atom is 0.408 e. The SMILES string of the molecule is CCCCCCN(C(=O)C(CO)NC(=O)OC(C)(C)C)C(C(=O)NCc1ccccc1)c1cc(C)cc(C)c1. The van der Waals surface area contributed by atoms with Crippen molar-refractivity contribution in [3.8, 4) is 0 Å². The monoisotopic (exact) mass is 539 g/mol. The van der Waals surface area contributed by atoms with E-state index in [0.29, 0.717) is 25.1 Å². The van der Waals surface area contributed by atoms with Gasteiger partial charge in [-0.1, -0.05) is 85.8 Å². The molecule has 3 amide bonds. The van der Waals surface area contributed by atoms with Crippen LogP contribution in [0.15, 0.2) is 48.5 Å². The minimum atomic E-state index is -1.26. The molecule has 0 spiro atoms. The van der Waals surface area contributed by atoms with E-state index in [9.17, 15) is 19.5 Å². The van der Waals surface area contributed by atoms with E-state index in [1.807, 2.05) is 62.4 Å². The van der Waals surface area contributed by atoms with Gasteiger partial charge in [0.05, 0.1) is 6.61 Å². The van der Waals surface area contributed by atoms with Crippen molar-refractivity contribution in [1.82, 2.24) is 15.5 Å². The van der Waals surface area contributed by atoms with Crippen molar-refractivity contribution in [2.24, 2.45) is 0 Å². The van der Waals surface area contributed by atoms with E-state index in [0.717, 1.165) is 36.0 Å². The van der Waals surface area contributed by atoms with Crippen LogP contribution < -0.4 is 10.6 Å². The van der Waals surface area contributed by atoms with Crippen LogP contribution in [0.5, 0.6) is 0 Å². The zero-order chi connectivity index (χ0) is 29.0. The van der Waals surface area contributed by atoms with Crippen molar-refractivity contribution in [3.05, 3.63) is 70.8 Å². The summed E-state index contributed by atoms with van der Waals surface area (Å²) in [5, 5.41) is 15.6. The van der Waals surface area contributed by atoms with Crippen LogP contribution in [0.3, 0.4) is 0 Å². The van der Waals surface area contributed by atoms with Gasteiger partial charge in [0.15, 0.2) is 0 Å². The molecule has 8 nitrogen and oxygen atoms in total. The quantitative estimate of drug-likeness (QED) is 0.312. The molecule has 3 N–H and O–H groups in total. The number of amides is 3. The smallest absolute Gasteiger partial charge is 0.408 e.